The van der Waals surface area contributed by atoms with Crippen LogP contribution in [-0.4, -0.2) is 17.3 Å². The third-order valence-corrected chi connectivity index (χ3v) is 5.03. The van der Waals surface area contributed by atoms with Crippen molar-refractivity contribution in [2.45, 2.75) is 73.0 Å². The first-order valence-corrected chi connectivity index (χ1v) is 7.23. The van der Waals surface area contributed by atoms with Gasteiger partial charge in [0.15, 0.2) is 0 Å². The first-order valence-electron chi connectivity index (χ1n) is 7.23. The van der Waals surface area contributed by atoms with Gasteiger partial charge in [-0.1, -0.05) is 34.6 Å². The molecule has 1 aliphatic carbocycles. The van der Waals surface area contributed by atoms with E-state index in [1.807, 2.05) is 0 Å². The van der Waals surface area contributed by atoms with Crippen LogP contribution in [0.4, 0.5) is 0 Å². The van der Waals surface area contributed by atoms with E-state index in [-0.39, 0.29) is 16.9 Å². The summed E-state index contributed by atoms with van der Waals surface area (Å²) in [4.78, 5) is 0. The van der Waals surface area contributed by atoms with Crippen LogP contribution in [-0.2, 0) is 4.74 Å². The largest absolute Gasteiger partial charge is 0.512 e. The van der Waals surface area contributed by atoms with Gasteiger partial charge in [-0.3, -0.25) is 0 Å². The molecule has 2 rings (SSSR count). The third-order valence-electron chi connectivity index (χ3n) is 5.03. The minimum absolute atomic E-state index is 0.134. The smallest absolute Gasteiger partial charge is 0.0994 e. The molecule has 2 heteroatoms. The minimum atomic E-state index is -0.259. The molecule has 18 heavy (non-hydrogen) atoms. The Morgan fingerprint density at radius 1 is 1.28 bits per heavy atom. The van der Waals surface area contributed by atoms with E-state index < -0.39 is 0 Å². The van der Waals surface area contributed by atoms with Gasteiger partial charge in [0.1, 0.15) is 0 Å². The predicted molar refractivity (Wildman–Crippen MR) is 74.6 cm³/mol. The Morgan fingerprint density at radius 2 is 1.89 bits per heavy atom. The van der Waals surface area contributed by atoms with Gasteiger partial charge < -0.3 is 9.84 Å². The van der Waals surface area contributed by atoms with Gasteiger partial charge in [0.25, 0.3) is 0 Å². The van der Waals surface area contributed by atoms with Gasteiger partial charge in [0.05, 0.1) is 18.0 Å². The average molecular weight is 252 g/mol. The van der Waals surface area contributed by atoms with E-state index >= 15 is 0 Å². The van der Waals surface area contributed by atoms with Crippen LogP contribution < -0.4 is 0 Å². The summed E-state index contributed by atoms with van der Waals surface area (Å²) in [5.74, 6) is 1.11. The second-order valence-corrected chi connectivity index (χ2v) is 7.52. The molecule has 0 aromatic heterocycles. The topological polar surface area (TPSA) is 29.5 Å². The zero-order chi connectivity index (χ0) is 13.7. The molecule has 104 valence electrons. The molecule has 0 aromatic rings. The van der Waals surface area contributed by atoms with Gasteiger partial charge >= 0.3 is 0 Å². The van der Waals surface area contributed by atoms with Crippen molar-refractivity contribution in [2.75, 3.05) is 0 Å². The van der Waals surface area contributed by atoms with Crippen molar-refractivity contribution in [3.8, 4) is 0 Å². The van der Waals surface area contributed by atoms with Crippen LogP contribution in [0.5, 0.6) is 0 Å². The van der Waals surface area contributed by atoms with E-state index in [0.29, 0.717) is 17.8 Å². The molecule has 1 saturated heterocycles. The Bertz CT molecular complexity index is 367. The number of fused-ring (bicyclic) bond motifs is 1. The zero-order valence-corrected chi connectivity index (χ0v) is 12.7. The highest BCUT2D eigenvalue weighted by molar-refractivity contribution is 5.24. The van der Waals surface area contributed by atoms with Crippen molar-refractivity contribution >= 4 is 0 Å². The fourth-order valence-corrected chi connectivity index (χ4v) is 4.09. The summed E-state index contributed by atoms with van der Waals surface area (Å²) in [6.07, 6.45) is 3.80. The lowest BCUT2D eigenvalue weighted by molar-refractivity contribution is -0.187. The van der Waals surface area contributed by atoms with Crippen molar-refractivity contribution in [2.24, 2.45) is 16.7 Å². The van der Waals surface area contributed by atoms with Crippen LogP contribution in [0.1, 0.15) is 60.8 Å². The molecule has 0 saturated carbocycles. The van der Waals surface area contributed by atoms with Gasteiger partial charge in [-0.05, 0) is 43.1 Å². The molecule has 1 fully saturated rings. The molecule has 1 heterocycles. The van der Waals surface area contributed by atoms with E-state index in [9.17, 15) is 5.11 Å². The fourth-order valence-electron chi connectivity index (χ4n) is 4.09. The van der Waals surface area contributed by atoms with E-state index in [1.54, 1.807) is 0 Å². The quantitative estimate of drug-likeness (QED) is 0.746. The fraction of sp³-hybridized carbons (Fsp3) is 0.875. The molecular weight excluding hydrogens is 224 g/mol. The van der Waals surface area contributed by atoms with E-state index in [4.69, 9.17) is 4.74 Å². The van der Waals surface area contributed by atoms with E-state index in [2.05, 4.69) is 41.5 Å². The highest BCUT2D eigenvalue weighted by Gasteiger charge is 2.53. The van der Waals surface area contributed by atoms with Gasteiger partial charge in [0.2, 0.25) is 0 Å². The maximum atomic E-state index is 10.4. The second-order valence-electron chi connectivity index (χ2n) is 7.52. The first kappa shape index (κ1) is 13.9. The Kier molecular flexibility index (Phi) is 3.30. The molecule has 1 N–H and O–H groups in total. The lowest BCUT2D eigenvalue weighted by atomic mass is 9.59. The van der Waals surface area contributed by atoms with Crippen LogP contribution in [0.15, 0.2) is 11.3 Å². The Labute approximate surface area is 111 Å². The maximum absolute atomic E-state index is 10.4. The van der Waals surface area contributed by atoms with E-state index in [1.165, 1.54) is 6.42 Å². The third kappa shape index (κ3) is 1.99. The summed E-state index contributed by atoms with van der Waals surface area (Å²) in [6, 6.07) is 0. The van der Waals surface area contributed by atoms with Crippen LogP contribution in [0.25, 0.3) is 0 Å². The molecule has 3 atom stereocenters. The highest BCUT2D eigenvalue weighted by Crippen LogP contribution is 2.55. The predicted octanol–water partition coefficient (Wildman–Crippen LogP) is 4.46. The lowest BCUT2D eigenvalue weighted by Crippen LogP contribution is -2.54. The highest BCUT2D eigenvalue weighted by atomic mass is 16.5. The van der Waals surface area contributed by atoms with Crippen molar-refractivity contribution in [1.82, 2.24) is 0 Å². The average Bonchev–Trinajstić information content (AvgIpc) is 2.25. The first-order chi connectivity index (χ1) is 8.18. The molecule has 0 aromatic carbocycles. The maximum Gasteiger partial charge on any atom is 0.0994 e. The summed E-state index contributed by atoms with van der Waals surface area (Å²) in [5.41, 5.74) is 1.07. The van der Waals surface area contributed by atoms with Gasteiger partial charge in [-0.2, -0.15) is 0 Å². The zero-order valence-electron chi connectivity index (χ0n) is 12.7. The number of allylic oxidation sites excluding steroid dienone is 1. The van der Waals surface area contributed by atoms with E-state index in [0.717, 1.165) is 18.4 Å². The van der Waals surface area contributed by atoms with Gasteiger partial charge in [-0.15, -0.1) is 0 Å². The molecule has 0 radical (unpaired) electrons. The van der Waals surface area contributed by atoms with Gasteiger partial charge in [0, 0.05) is 5.41 Å². The SMILES string of the molecule is CC1=C(O)C(C)(C)[C@@H]2O[C@@H](C(C)C)CC[C@@]2(C)C1. The van der Waals surface area contributed by atoms with Crippen molar-refractivity contribution in [3.63, 3.8) is 0 Å². The number of hydrogen-bond acceptors (Lipinski definition) is 2. The van der Waals surface area contributed by atoms with Crippen molar-refractivity contribution in [3.05, 3.63) is 11.3 Å². The number of ether oxygens (including phenoxy) is 1. The number of hydrogen-bond donors (Lipinski definition) is 1. The molecular formula is C16H28O2. The number of aliphatic hydroxyl groups is 1. The second kappa shape index (κ2) is 4.26. The van der Waals surface area contributed by atoms with Crippen molar-refractivity contribution < 1.29 is 9.84 Å². The number of rotatable bonds is 1. The van der Waals surface area contributed by atoms with Crippen LogP contribution in [0.2, 0.25) is 0 Å². The molecule has 0 unspecified atom stereocenters. The molecule has 1 aliphatic heterocycles. The normalized spacial score (nSPS) is 39.9. The Morgan fingerprint density at radius 3 is 2.44 bits per heavy atom. The summed E-state index contributed by atoms with van der Waals surface area (Å²) < 4.78 is 6.39. The van der Waals surface area contributed by atoms with Crippen LogP contribution in [0.3, 0.4) is 0 Å². The summed E-state index contributed by atoms with van der Waals surface area (Å²) in [6.45, 7) is 13.1. The van der Waals surface area contributed by atoms with Crippen LogP contribution in [0, 0.1) is 16.7 Å². The molecule has 2 aliphatic rings. The summed E-state index contributed by atoms with van der Waals surface area (Å²) in [7, 11) is 0. The molecule has 0 spiro atoms. The molecule has 0 amide bonds. The Hall–Kier alpha value is -0.500. The minimum Gasteiger partial charge on any atom is -0.512 e. The molecule has 0 bridgehead atoms. The summed E-state index contributed by atoms with van der Waals surface area (Å²) in [5, 5.41) is 10.4. The van der Waals surface area contributed by atoms with Crippen LogP contribution >= 0.6 is 0 Å². The molecule has 2 nitrogen and oxygen atoms in total. The number of aliphatic hydroxyl groups excluding tert-OH is 1. The summed E-state index contributed by atoms with van der Waals surface area (Å²) >= 11 is 0. The Balaban J connectivity index is 2.35. The monoisotopic (exact) mass is 252 g/mol. The van der Waals surface area contributed by atoms with Crippen molar-refractivity contribution in [1.29, 1.82) is 0 Å². The standard InChI is InChI=1S/C16H28O2/c1-10(2)12-7-8-16(6)9-11(3)13(17)15(4,5)14(16)18-12/h10,12,14,17H,7-9H2,1-6H3/t12-,14+,16+/m1/s1. The lowest BCUT2D eigenvalue weighted by Gasteiger charge is -2.54. The van der Waals surface area contributed by atoms with Gasteiger partial charge in [-0.25, -0.2) is 0 Å².